The van der Waals surface area contributed by atoms with Gasteiger partial charge in [-0.2, -0.15) is 0 Å². The first kappa shape index (κ1) is 25.0. The quantitative estimate of drug-likeness (QED) is 0.663. The number of benzene rings is 1. The largest absolute Gasteiger partial charge is 0.342 e. The van der Waals surface area contributed by atoms with E-state index in [9.17, 15) is 14.4 Å². The fraction of sp³-hybridized carbons (Fsp3) is 0.654. The van der Waals surface area contributed by atoms with Crippen LogP contribution in [0, 0.1) is 18.8 Å². The Hall–Kier alpha value is -2.12. The van der Waals surface area contributed by atoms with E-state index >= 15 is 0 Å². The Morgan fingerprint density at radius 3 is 2.44 bits per heavy atom. The lowest BCUT2D eigenvalue weighted by molar-refractivity contribution is -0.140. The van der Waals surface area contributed by atoms with Crippen LogP contribution in [-0.2, 0) is 20.9 Å². The molecule has 0 bridgehead atoms. The zero-order chi connectivity index (χ0) is 24.4. The summed E-state index contributed by atoms with van der Waals surface area (Å²) in [6.45, 7) is 10.2. The van der Waals surface area contributed by atoms with E-state index in [0.717, 1.165) is 55.8 Å². The molecule has 1 saturated carbocycles. The summed E-state index contributed by atoms with van der Waals surface area (Å²) >= 11 is 6.42. The Kier molecular flexibility index (Phi) is 7.83. The van der Waals surface area contributed by atoms with Crippen LogP contribution in [0.15, 0.2) is 12.1 Å². The highest BCUT2D eigenvalue weighted by Crippen LogP contribution is 2.30. The summed E-state index contributed by atoms with van der Waals surface area (Å²) in [5.41, 5.74) is 2.86. The van der Waals surface area contributed by atoms with Gasteiger partial charge >= 0.3 is 0 Å². The number of amides is 3. The molecule has 7 nitrogen and oxygen atoms in total. The van der Waals surface area contributed by atoms with Crippen LogP contribution in [0.3, 0.4) is 0 Å². The first-order valence-electron chi connectivity index (χ1n) is 12.6. The van der Waals surface area contributed by atoms with E-state index in [-0.39, 0.29) is 29.7 Å². The van der Waals surface area contributed by atoms with Crippen molar-refractivity contribution in [2.24, 2.45) is 11.8 Å². The standard InChI is InChI=1S/C26H37ClN4O3/c1-17-13-29(8-9-31(17)26(34)21-6-4-5-7-21)16-22-11-23(27)12-24(18(22)2)28-25(33)10-20-14-30(15-20)19(3)32/h11-12,17,20-21H,4-10,13-16H2,1-3H3,(H,28,33)/t17-/m0/s1. The fourth-order valence-corrected chi connectivity index (χ4v) is 5.84. The van der Waals surface area contributed by atoms with Crippen molar-refractivity contribution < 1.29 is 14.4 Å². The number of nitrogens with zero attached hydrogens (tertiary/aromatic N) is 3. The van der Waals surface area contributed by atoms with Gasteiger partial charge in [-0.05, 0) is 49.9 Å². The third kappa shape index (κ3) is 5.74. The molecule has 2 saturated heterocycles. The molecule has 34 heavy (non-hydrogen) atoms. The topological polar surface area (TPSA) is 73.0 Å². The molecule has 186 valence electrons. The van der Waals surface area contributed by atoms with Crippen LogP contribution in [0.4, 0.5) is 5.69 Å². The molecule has 1 aliphatic carbocycles. The predicted molar refractivity (Wildman–Crippen MR) is 134 cm³/mol. The molecule has 3 aliphatic rings. The van der Waals surface area contributed by atoms with Crippen molar-refractivity contribution in [3.05, 3.63) is 28.3 Å². The van der Waals surface area contributed by atoms with Crippen LogP contribution in [0.25, 0.3) is 0 Å². The first-order valence-corrected chi connectivity index (χ1v) is 13.0. The molecule has 1 atom stereocenters. The van der Waals surface area contributed by atoms with Gasteiger partial charge in [0.25, 0.3) is 0 Å². The normalized spacial score (nSPS) is 22.1. The average Bonchev–Trinajstić information content (AvgIpc) is 3.28. The van der Waals surface area contributed by atoms with Gasteiger partial charge in [-0.3, -0.25) is 19.3 Å². The maximum Gasteiger partial charge on any atom is 0.226 e. The minimum atomic E-state index is -0.0443. The molecule has 0 radical (unpaired) electrons. The maximum atomic E-state index is 12.9. The van der Waals surface area contributed by atoms with E-state index in [4.69, 9.17) is 11.6 Å². The summed E-state index contributed by atoms with van der Waals surface area (Å²) in [5.74, 6) is 0.794. The molecule has 8 heteroatoms. The van der Waals surface area contributed by atoms with Crippen LogP contribution in [-0.4, -0.2) is 71.2 Å². The monoisotopic (exact) mass is 488 g/mol. The fourth-order valence-electron chi connectivity index (χ4n) is 5.60. The number of piperazine rings is 1. The Balaban J connectivity index is 1.33. The number of hydrogen-bond acceptors (Lipinski definition) is 4. The Morgan fingerprint density at radius 2 is 1.79 bits per heavy atom. The van der Waals surface area contributed by atoms with Crippen molar-refractivity contribution in [3.8, 4) is 0 Å². The van der Waals surface area contributed by atoms with E-state index in [0.29, 0.717) is 30.4 Å². The highest BCUT2D eigenvalue weighted by atomic mass is 35.5. The maximum absolute atomic E-state index is 12.9. The van der Waals surface area contributed by atoms with Gasteiger partial charge in [0.15, 0.2) is 0 Å². The summed E-state index contributed by atoms with van der Waals surface area (Å²) in [5, 5.41) is 3.64. The molecule has 1 aromatic rings. The molecule has 2 aliphatic heterocycles. The van der Waals surface area contributed by atoms with E-state index in [1.165, 1.54) is 12.8 Å². The summed E-state index contributed by atoms with van der Waals surface area (Å²) in [6.07, 6.45) is 4.83. The van der Waals surface area contributed by atoms with Gasteiger partial charge in [-0.25, -0.2) is 0 Å². The lowest BCUT2D eigenvalue weighted by Gasteiger charge is -2.41. The highest BCUT2D eigenvalue weighted by molar-refractivity contribution is 6.31. The number of likely N-dealkylation sites (tertiary alicyclic amines) is 1. The third-order valence-electron chi connectivity index (χ3n) is 7.72. The van der Waals surface area contributed by atoms with Crippen LogP contribution in [0.2, 0.25) is 5.02 Å². The second-order valence-electron chi connectivity index (χ2n) is 10.4. The number of nitrogens with one attached hydrogen (secondary N) is 1. The molecule has 4 rings (SSSR count). The van der Waals surface area contributed by atoms with Gasteiger partial charge < -0.3 is 15.1 Å². The average molecular weight is 489 g/mol. The van der Waals surface area contributed by atoms with Gasteiger partial charge in [0.2, 0.25) is 17.7 Å². The van der Waals surface area contributed by atoms with Crippen molar-refractivity contribution >= 4 is 35.0 Å². The second-order valence-corrected chi connectivity index (χ2v) is 10.8. The molecule has 0 unspecified atom stereocenters. The summed E-state index contributed by atoms with van der Waals surface area (Å²) in [7, 11) is 0. The van der Waals surface area contributed by atoms with Crippen molar-refractivity contribution in [2.75, 3.05) is 38.0 Å². The first-order chi connectivity index (χ1) is 16.2. The van der Waals surface area contributed by atoms with Crippen LogP contribution in [0.1, 0.15) is 57.1 Å². The molecular formula is C26H37ClN4O3. The molecular weight excluding hydrogens is 452 g/mol. The summed E-state index contributed by atoms with van der Waals surface area (Å²) in [6, 6.07) is 3.98. The van der Waals surface area contributed by atoms with Crippen LogP contribution < -0.4 is 5.32 Å². The van der Waals surface area contributed by atoms with Crippen molar-refractivity contribution in [3.63, 3.8) is 0 Å². The van der Waals surface area contributed by atoms with Gasteiger partial charge in [-0.1, -0.05) is 24.4 Å². The zero-order valence-electron chi connectivity index (χ0n) is 20.6. The van der Waals surface area contributed by atoms with Crippen molar-refractivity contribution in [1.29, 1.82) is 0 Å². The van der Waals surface area contributed by atoms with Gasteiger partial charge in [-0.15, -0.1) is 0 Å². The van der Waals surface area contributed by atoms with E-state index in [1.807, 2.05) is 19.1 Å². The molecule has 3 fully saturated rings. The lowest BCUT2D eigenvalue weighted by Crippen LogP contribution is -2.54. The number of rotatable bonds is 6. The smallest absolute Gasteiger partial charge is 0.226 e. The number of hydrogen-bond donors (Lipinski definition) is 1. The van der Waals surface area contributed by atoms with E-state index in [2.05, 4.69) is 22.0 Å². The summed E-state index contributed by atoms with van der Waals surface area (Å²) in [4.78, 5) is 43.1. The van der Waals surface area contributed by atoms with E-state index < -0.39 is 0 Å². The minimum absolute atomic E-state index is 0.0443. The number of anilines is 1. The summed E-state index contributed by atoms with van der Waals surface area (Å²) < 4.78 is 0. The highest BCUT2D eigenvalue weighted by Gasteiger charge is 2.33. The number of halogens is 1. The Morgan fingerprint density at radius 1 is 1.09 bits per heavy atom. The molecule has 0 spiro atoms. The number of carbonyl (C=O) groups excluding carboxylic acids is 3. The molecule has 1 N–H and O–H groups in total. The van der Waals surface area contributed by atoms with Crippen molar-refractivity contribution in [2.45, 2.75) is 65.5 Å². The Labute approximate surface area is 207 Å². The molecule has 1 aromatic carbocycles. The van der Waals surface area contributed by atoms with Gasteiger partial charge in [0, 0.05) is 81.2 Å². The SMILES string of the molecule is CC(=O)N1CC(CC(=O)Nc2cc(Cl)cc(CN3CCN(C(=O)C4CCCC4)[C@@H](C)C3)c2C)C1. The number of carbonyl (C=O) groups is 3. The zero-order valence-corrected chi connectivity index (χ0v) is 21.4. The van der Waals surface area contributed by atoms with Crippen LogP contribution >= 0.6 is 11.6 Å². The molecule has 3 amide bonds. The lowest BCUT2D eigenvalue weighted by atomic mass is 9.95. The Bertz CT molecular complexity index is 940. The minimum Gasteiger partial charge on any atom is -0.342 e. The van der Waals surface area contributed by atoms with Crippen LogP contribution in [0.5, 0.6) is 0 Å². The van der Waals surface area contributed by atoms with E-state index in [1.54, 1.807) is 11.8 Å². The van der Waals surface area contributed by atoms with Gasteiger partial charge in [0.1, 0.15) is 0 Å². The predicted octanol–water partition coefficient (Wildman–Crippen LogP) is 3.68. The van der Waals surface area contributed by atoms with Gasteiger partial charge in [0.05, 0.1) is 0 Å². The van der Waals surface area contributed by atoms with Crippen molar-refractivity contribution in [1.82, 2.24) is 14.7 Å². The molecule has 2 heterocycles. The second kappa shape index (κ2) is 10.6. The third-order valence-corrected chi connectivity index (χ3v) is 7.94. The molecule has 0 aromatic heterocycles.